The maximum Gasteiger partial charge on any atom is 0.327 e. The van der Waals surface area contributed by atoms with Crippen molar-refractivity contribution in [2.75, 3.05) is 13.1 Å². The van der Waals surface area contributed by atoms with Gasteiger partial charge in [0.1, 0.15) is 17.2 Å². The lowest BCUT2D eigenvalue weighted by molar-refractivity contribution is -0.832. The van der Waals surface area contributed by atoms with Crippen molar-refractivity contribution in [1.29, 1.82) is 0 Å². The molecule has 5 heteroatoms. The molecule has 27 heavy (non-hydrogen) atoms. The number of piperidine rings is 1. The standard InChI is InChI=1S/C22H26NO3S/c24-21-12-11-20-17-23(14-13-19(20)15-21,16-18-7-3-1-4-8-18)27(25,26)22-9-5-2-6-10-22/h1-10,19-20H,11-17H2/q+1. The highest BCUT2D eigenvalue weighted by atomic mass is 32.2. The first-order valence-electron chi connectivity index (χ1n) is 9.72. The zero-order valence-corrected chi connectivity index (χ0v) is 16.3. The molecule has 4 nitrogen and oxygen atoms in total. The van der Waals surface area contributed by atoms with Crippen LogP contribution in [-0.2, 0) is 21.4 Å². The van der Waals surface area contributed by atoms with E-state index in [0.29, 0.717) is 55.0 Å². The van der Waals surface area contributed by atoms with E-state index in [9.17, 15) is 13.2 Å². The minimum atomic E-state index is -3.53. The smallest absolute Gasteiger partial charge is 0.300 e. The number of fused-ring (bicyclic) bond motifs is 1. The summed E-state index contributed by atoms with van der Waals surface area (Å²) in [6, 6.07) is 18.7. The molecule has 1 heterocycles. The molecule has 0 N–H and O–H groups in total. The van der Waals surface area contributed by atoms with Gasteiger partial charge in [-0.05, 0) is 24.5 Å². The van der Waals surface area contributed by atoms with Gasteiger partial charge in [0, 0.05) is 30.7 Å². The third kappa shape index (κ3) is 3.46. The fraction of sp³-hybridized carbons (Fsp3) is 0.409. The number of sulfonamides is 1. The van der Waals surface area contributed by atoms with Crippen LogP contribution >= 0.6 is 0 Å². The number of likely N-dealkylation sites (tertiary alicyclic amines) is 1. The van der Waals surface area contributed by atoms with E-state index in [1.807, 2.05) is 36.4 Å². The van der Waals surface area contributed by atoms with Crippen molar-refractivity contribution >= 4 is 15.8 Å². The van der Waals surface area contributed by atoms with E-state index >= 15 is 0 Å². The third-order valence-electron chi connectivity index (χ3n) is 6.29. The molecule has 3 unspecified atom stereocenters. The molecule has 0 aromatic heterocycles. The van der Waals surface area contributed by atoms with Crippen LogP contribution < -0.4 is 0 Å². The van der Waals surface area contributed by atoms with Crippen molar-refractivity contribution in [2.45, 2.75) is 37.1 Å². The van der Waals surface area contributed by atoms with Gasteiger partial charge in [-0.25, -0.2) is 3.89 Å². The van der Waals surface area contributed by atoms with E-state index in [0.717, 1.165) is 18.4 Å². The Morgan fingerprint density at radius 1 is 0.889 bits per heavy atom. The Hall–Kier alpha value is -1.98. The number of ketones is 1. The normalized spacial score (nSPS) is 28.5. The highest BCUT2D eigenvalue weighted by Gasteiger charge is 2.50. The lowest BCUT2D eigenvalue weighted by Crippen LogP contribution is -2.59. The second kappa shape index (κ2) is 7.21. The Bertz CT molecular complexity index is 911. The van der Waals surface area contributed by atoms with E-state index < -0.39 is 10.0 Å². The first-order valence-corrected chi connectivity index (χ1v) is 11.2. The van der Waals surface area contributed by atoms with Gasteiger partial charge < -0.3 is 0 Å². The predicted molar refractivity (Wildman–Crippen MR) is 104 cm³/mol. The van der Waals surface area contributed by atoms with Crippen molar-refractivity contribution in [1.82, 2.24) is 0 Å². The zero-order chi connectivity index (χ0) is 18.9. The van der Waals surface area contributed by atoms with Crippen LogP contribution in [-0.4, -0.2) is 31.2 Å². The van der Waals surface area contributed by atoms with Crippen LogP contribution in [0.3, 0.4) is 0 Å². The largest absolute Gasteiger partial charge is 0.327 e. The molecule has 1 aliphatic carbocycles. The number of Topliss-reactive ketones (excluding diaryl/α,β-unsaturated/α-hetero) is 1. The van der Waals surface area contributed by atoms with E-state index in [4.69, 9.17) is 0 Å². The average molecular weight is 385 g/mol. The molecule has 0 radical (unpaired) electrons. The molecule has 1 saturated carbocycles. The summed E-state index contributed by atoms with van der Waals surface area (Å²) < 4.78 is 27.6. The number of hydrogen-bond donors (Lipinski definition) is 0. The van der Waals surface area contributed by atoms with Gasteiger partial charge in [0.05, 0.1) is 13.1 Å². The Kier molecular flexibility index (Phi) is 4.91. The van der Waals surface area contributed by atoms with E-state index in [1.54, 1.807) is 24.3 Å². The van der Waals surface area contributed by atoms with Gasteiger partial charge in [0.25, 0.3) is 0 Å². The number of quaternary nitrogens is 1. The second-order valence-corrected chi connectivity index (χ2v) is 10.2. The van der Waals surface area contributed by atoms with Crippen LogP contribution in [0.2, 0.25) is 0 Å². The number of nitrogens with zero attached hydrogens (tertiary/aromatic N) is 1. The van der Waals surface area contributed by atoms with Gasteiger partial charge in [-0.2, -0.15) is 8.42 Å². The summed E-state index contributed by atoms with van der Waals surface area (Å²) in [5.41, 5.74) is 1.04. The summed E-state index contributed by atoms with van der Waals surface area (Å²) in [6.07, 6.45) is 2.84. The zero-order valence-electron chi connectivity index (χ0n) is 15.5. The van der Waals surface area contributed by atoms with Crippen molar-refractivity contribution in [2.24, 2.45) is 11.8 Å². The molecule has 2 aliphatic rings. The topological polar surface area (TPSA) is 51.2 Å². The van der Waals surface area contributed by atoms with Crippen molar-refractivity contribution in [3.05, 3.63) is 66.2 Å². The molecular formula is C22H26NO3S+. The van der Waals surface area contributed by atoms with Crippen LogP contribution in [0.15, 0.2) is 65.6 Å². The SMILES string of the molecule is O=C1CCC2C[N+](Cc3ccccc3)(S(=O)(=O)c3ccccc3)CCC2C1. The molecule has 4 rings (SSSR count). The molecule has 1 saturated heterocycles. The van der Waals surface area contributed by atoms with Gasteiger partial charge >= 0.3 is 10.0 Å². The summed E-state index contributed by atoms with van der Waals surface area (Å²) in [5, 5.41) is 0. The summed E-state index contributed by atoms with van der Waals surface area (Å²) in [6.45, 7) is 1.65. The fourth-order valence-electron chi connectivity index (χ4n) is 4.82. The van der Waals surface area contributed by atoms with Crippen molar-refractivity contribution < 1.29 is 17.1 Å². The Labute approximate surface area is 161 Å². The average Bonchev–Trinajstić information content (AvgIpc) is 2.69. The highest BCUT2D eigenvalue weighted by molar-refractivity contribution is 7.86. The van der Waals surface area contributed by atoms with Crippen LogP contribution in [0.4, 0.5) is 0 Å². The lowest BCUT2D eigenvalue weighted by Gasteiger charge is -2.47. The van der Waals surface area contributed by atoms with E-state index in [1.165, 1.54) is 0 Å². The molecule has 1 aliphatic heterocycles. The summed E-state index contributed by atoms with van der Waals surface area (Å²) >= 11 is 0. The molecule has 0 bridgehead atoms. The lowest BCUT2D eigenvalue weighted by atomic mass is 9.74. The molecule has 3 atom stereocenters. The predicted octanol–water partition coefficient (Wildman–Crippen LogP) is 3.78. The number of benzene rings is 2. The van der Waals surface area contributed by atoms with Gasteiger partial charge in [-0.1, -0.05) is 48.5 Å². The Balaban J connectivity index is 1.73. The molecule has 2 fully saturated rings. The number of rotatable bonds is 4. The molecule has 2 aromatic rings. The maximum absolute atomic E-state index is 13.8. The van der Waals surface area contributed by atoms with Crippen LogP contribution in [0.1, 0.15) is 31.2 Å². The minimum absolute atomic E-state index is 0.0659. The summed E-state index contributed by atoms with van der Waals surface area (Å²) in [4.78, 5) is 12.3. The molecule has 0 amide bonds. The number of carbonyl (C=O) groups is 1. The van der Waals surface area contributed by atoms with Gasteiger partial charge in [-0.3, -0.25) is 4.79 Å². The quantitative estimate of drug-likeness (QED) is 0.754. The molecule has 0 spiro atoms. The molecule has 142 valence electrons. The first kappa shape index (κ1) is 18.4. The highest BCUT2D eigenvalue weighted by Crippen LogP contribution is 2.42. The molecular weight excluding hydrogens is 358 g/mol. The van der Waals surface area contributed by atoms with Crippen LogP contribution in [0, 0.1) is 11.8 Å². The summed E-state index contributed by atoms with van der Waals surface area (Å²) in [5.74, 6) is 0.989. The van der Waals surface area contributed by atoms with Crippen LogP contribution in [0.25, 0.3) is 0 Å². The number of carbonyl (C=O) groups excluding carboxylic acids is 1. The van der Waals surface area contributed by atoms with Crippen molar-refractivity contribution in [3.63, 3.8) is 0 Å². The second-order valence-electron chi connectivity index (χ2n) is 7.99. The first-order chi connectivity index (χ1) is 13.0. The Morgan fingerprint density at radius 3 is 2.26 bits per heavy atom. The van der Waals surface area contributed by atoms with Crippen LogP contribution in [0.5, 0.6) is 0 Å². The van der Waals surface area contributed by atoms with Gasteiger partial charge in [0.2, 0.25) is 0 Å². The van der Waals surface area contributed by atoms with Gasteiger partial charge in [-0.15, -0.1) is 0 Å². The van der Waals surface area contributed by atoms with Gasteiger partial charge in [0.15, 0.2) is 0 Å². The number of hydrogen-bond acceptors (Lipinski definition) is 3. The third-order valence-corrected chi connectivity index (χ3v) is 8.64. The van der Waals surface area contributed by atoms with E-state index in [-0.39, 0.29) is 3.89 Å². The maximum atomic E-state index is 13.8. The monoisotopic (exact) mass is 384 g/mol. The van der Waals surface area contributed by atoms with Crippen molar-refractivity contribution in [3.8, 4) is 0 Å². The summed E-state index contributed by atoms with van der Waals surface area (Å²) in [7, 11) is -3.53. The molecule has 2 aromatic carbocycles. The Morgan fingerprint density at radius 2 is 1.56 bits per heavy atom. The van der Waals surface area contributed by atoms with E-state index in [2.05, 4.69) is 0 Å². The minimum Gasteiger partial charge on any atom is -0.300 e. The fourth-order valence-corrected chi connectivity index (χ4v) is 6.82.